The van der Waals surface area contributed by atoms with Crippen molar-refractivity contribution in [2.45, 2.75) is 26.3 Å². The second kappa shape index (κ2) is 6.34. The Morgan fingerprint density at radius 3 is 2.35 bits per heavy atom. The zero-order chi connectivity index (χ0) is 15.5. The summed E-state index contributed by atoms with van der Waals surface area (Å²) in [5, 5.41) is 8.97. The number of hydrogen-bond donors (Lipinski definition) is 1. The van der Waals surface area contributed by atoms with Gasteiger partial charge in [0.2, 0.25) is 0 Å². The highest BCUT2D eigenvalue weighted by molar-refractivity contribution is 9.10. The highest BCUT2D eigenvalue weighted by atomic mass is 79.9. The third-order valence-corrected chi connectivity index (χ3v) is 2.86. The van der Waals surface area contributed by atoms with Gasteiger partial charge in [-0.2, -0.15) is 0 Å². The molecule has 0 heterocycles. The molecule has 0 radical (unpaired) electrons. The number of carboxylic acids is 1. The second-order valence-electron chi connectivity index (χ2n) is 4.26. The van der Waals surface area contributed by atoms with E-state index in [2.05, 4.69) is 20.7 Å². The van der Waals surface area contributed by atoms with E-state index < -0.39 is 24.2 Å². The van der Waals surface area contributed by atoms with E-state index in [4.69, 9.17) is 9.84 Å². The summed E-state index contributed by atoms with van der Waals surface area (Å²) in [6.07, 6.45) is -5.89. The monoisotopic (exact) mass is 356 g/mol. The van der Waals surface area contributed by atoms with E-state index >= 15 is 0 Å². The molecule has 0 aliphatic heterocycles. The molecule has 1 unspecified atom stereocenters. The molecule has 112 valence electrons. The molecule has 0 aromatic heterocycles. The van der Waals surface area contributed by atoms with E-state index in [-0.39, 0.29) is 16.1 Å². The smallest absolute Gasteiger partial charge is 0.478 e. The quantitative estimate of drug-likeness (QED) is 0.870. The van der Waals surface area contributed by atoms with E-state index in [1.165, 1.54) is 12.1 Å². The van der Waals surface area contributed by atoms with Crippen molar-refractivity contribution in [2.75, 3.05) is 0 Å². The molecule has 4 nitrogen and oxygen atoms in total. The number of halogens is 4. The van der Waals surface area contributed by atoms with Crippen LogP contribution < -0.4 is 9.47 Å². The minimum atomic E-state index is -4.80. The second-order valence-corrected chi connectivity index (χ2v) is 5.12. The van der Waals surface area contributed by atoms with Crippen molar-refractivity contribution in [3.63, 3.8) is 0 Å². The van der Waals surface area contributed by atoms with Crippen molar-refractivity contribution < 1.29 is 32.5 Å². The highest BCUT2D eigenvalue weighted by Gasteiger charge is 2.32. The predicted molar refractivity (Wildman–Crippen MR) is 67.7 cm³/mol. The van der Waals surface area contributed by atoms with Crippen molar-refractivity contribution in [3.8, 4) is 11.5 Å². The number of rotatable bonds is 5. The maximum absolute atomic E-state index is 12.1. The molecule has 20 heavy (non-hydrogen) atoms. The Balaban J connectivity index is 2.89. The molecule has 0 fully saturated rings. The number of alkyl halides is 3. The standard InChI is InChI=1S/C12H12BrF3O4/c1-6(2)10(11(17)18)19-7-3-4-9(8(13)5-7)20-12(14,15)16/h3-6,10H,1-2H3,(H,17,18). The molecule has 1 N–H and O–H groups in total. The molecular formula is C12H12BrF3O4. The molecule has 0 aliphatic carbocycles. The summed E-state index contributed by atoms with van der Waals surface area (Å²) in [5.74, 6) is -1.74. The van der Waals surface area contributed by atoms with Crippen LogP contribution in [-0.2, 0) is 4.79 Å². The molecule has 0 saturated heterocycles. The lowest BCUT2D eigenvalue weighted by atomic mass is 10.1. The molecule has 1 atom stereocenters. The molecule has 0 aliphatic rings. The van der Waals surface area contributed by atoms with Gasteiger partial charge in [0, 0.05) is 5.92 Å². The topological polar surface area (TPSA) is 55.8 Å². The van der Waals surface area contributed by atoms with Crippen LogP contribution in [-0.4, -0.2) is 23.5 Å². The van der Waals surface area contributed by atoms with Crippen molar-refractivity contribution in [1.82, 2.24) is 0 Å². The van der Waals surface area contributed by atoms with Crippen LogP contribution in [0.2, 0.25) is 0 Å². The molecule has 1 aromatic rings. The summed E-state index contributed by atoms with van der Waals surface area (Å²) in [6, 6.07) is 3.48. The average molecular weight is 357 g/mol. The molecule has 0 saturated carbocycles. The maximum atomic E-state index is 12.1. The zero-order valence-electron chi connectivity index (χ0n) is 10.6. The normalized spacial score (nSPS) is 13.2. The van der Waals surface area contributed by atoms with Gasteiger partial charge in [0.1, 0.15) is 11.5 Å². The number of ether oxygens (including phenoxy) is 2. The van der Waals surface area contributed by atoms with Crippen LogP contribution >= 0.6 is 15.9 Å². The number of aliphatic carboxylic acids is 1. The summed E-state index contributed by atoms with van der Waals surface area (Å²) in [4.78, 5) is 11.0. The fourth-order valence-corrected chi connectivity index (χ4v) is 1.82. The van der Waals surface area contributed by atoms with Gasteiger partial charge in [0.15, 0.2) is 6.10 Å². The van der Waals surface area contributed by atoms with Crippen LogP contribution in [0.25, 0.3) is 0 Å². The van der Waals surface area contributed by atoms with E-state index in [0.29, 0.717) is 0 Å². The Morgan fingerprint density at radius 1 is 1.35 bits per heavy atom. The number of carbonyl (C=O) groups is 1. The number of carboxylic acid groups (broad SMARTS) is 1. The van der Waals surface area contributed by atoms with Crippen LogP contribution in [0, 0.1) is 5.92 Å². The van der Waals surface area contributed by atoms with Crippen molar-refractivity contribution in [1.29, 1.82) is 0 Å². The fourth-order valence-electron chi connectivity index (χ4n) is 1.38. The van der Waals surface area contributed by atoms with Crippen LogP contribution in [0.4, 0.5) is 13.2 Å². The summed E-state index contributed by atoms with van der Waals surface area (Å²) in [5.41, 5.74) is 0. The lowest BCUT2D eigenvalue weighted by molar-refractivity contribution is -0.274. The molecule has 1 rings (SSSR count). The average Bonchev–Trinajstić information content (AvgIpc) is 2.26. The summed E-state index contributed by atoms with van der Waals surface area (Å²) >= 11 is 2.91. The largest absolute Gasteiger partial charge is 0.573 e. The van der Waals surface area contributed by atoms with Gasteiger partial charge in [0.25, 0.3) is 0 Å². The fraction of sp³-hybridized carbons (Fsp3) is 0.417. The third-order valence-electron chi connectivity index (χ3n) is 2.24. The van der Waals surface area contributed by atoms with Gasteiger partial charge < -0.3 is 14.6 Å². The van der Waals surface area contributed by atoms with Gasteiger partial charge in [-0.3, -0.25) is 0 Å². The van der Waals surface area contributed by atoms with Gasteiger partial charge in [-0.05, 0) is 34.1 Å². The van der Waals surface area contributed by atoms with Gasteiger partial charge >= 0.3 is 12.3 Å². The first-order valence-electron chi connectivity index (χ1n) is 5.55. The minimum absolute atomic E-state index is 0.0141. The van der Waals surface area contributed by atoms with Crippen LogP contribution in [0.1, 0.15) is 13.8 Å². The molecule has 0 spiro atoms. The third kappa shape index (κ3) is 4.92. The number of benzene rings is 1. The first kappa shape index (κ1) is 16.6. The van der Waals surface area contributed by atoms with E-state index in [1.54, 1.807) is 13.8 Å². The Labute approximate surface area is 121 Å². The van der Waals surface area contributed by atoms with Crippen molar-refractivity contribution in [2.24, 2.45) is 5.92 Å². The van der Waals surface area contributed by atoms with Crippen molar-refractivity contribution >= 4 is 21.9 Å². The summed E-state index contributed by atoms with van der Waals surface area (Å²) in [7, 11) is 0. The lowest BCUT2D eigenvalue weighted by Crippen LogP contribution is -2.32. The van der Waals surface area contributed by atoms with Gasteiger partial charge in [0.05, 0.1) is 4.47 Å². The number of hydrogen-bond acceptors (Lipinski definition) is 3. The minimum Gasteiger partial charge on any atom is -0.478 e. The van der Waals surface area contributed by atoms with Gasteiger partial charge in [-0.15, -0.1) is 13.2 Å². The lowest BCUT2D eigenvalue weighted by Gasteiger charge is -2.19. The maximum Gasteiger partial charge on any atom is 0.573 e. The van der Waals surface area contributed by atoms with Crippen LogP contribution in [0.15, 0.2) is 22.7 Å². The van der Waals surface area contributed by atoms with Crippen molar-refractivity contribution in [3.05, 3.63) is 22.7 Å². The SMILES string of the molecule is CC(C)C(Oc1ccc(OC(F)(F)F)c(Br)c1)C(=O)O. The first-order valence-corrected chi connectivity index (χ1v) is 6.34. The summed E-state index contributed by atoms with van der Waals surface area (Å²) in [6.45, 7) is 3.32. The molecule has 0 amide bonds. The molecule has 1 aromatic carbocycles. The Morgan fingerprint density at radius 2 is 1.95 bits per heavy atom. The van der Waals surface area contributed by atoms with Gasteiger partial charge in [-0.25, -0.2) is 4.79 Å². The Kier molecular flexibility index (Phi) is 5.27. The molecule has 8 heteroatoms. The van der Waals surface area contributed by atoms with E-state index in [1.807, 2.05) is 0 Å². The van der Waals surface area contributed by atoms with Crippen LogP contribution in [0.5, 0.6) is 11.5 Å². The summed E-state index contributed by atoms with van der Waals surface area (Å²) < 4.78 is 45.3. The Hall–Kier alpha value is -1.44. The van der Waals surface area contributed by atoms with Gasteiger partial charge in [-0.1, -0.05) is 13.8 Å². The molecular weight excluding hydrogens is 345 g/mol. The van der Waals surface area contributed by atoms with E-state index in [0.717, 1.165) is 6.07 Å². The predicted octanol–water partition coefficient (Wildman–Crippen LogP) is 3.84. The van der Waals surface area contributed by atoms with E-state index in [9.17, 15) is 18.0 Å². The Bertz CT molecular complexity index is 488. The molecule has 0 bridgehead atoms. The van der Waals surface area contributed by atoms with Crippen LogP contribution in [0.3, 0.4) is 0 Å². The zero-order valence-corrected chi connectivity index (χ0v) is 12.2. The highest BCUT2D eigenvalue weighted by Crippen LogP contribution is 2.33. The first-order chi connectivity index (χ1) is 9.10.